The maximum absolute atomic E-state index is 12.1. The second kappa shape index (κ2) is 6.35. The highest BCUT2D eigenvalue weighted by molar-refractivity contribution is 7.22. The lowest BCUT2D eigenvalue weighted by Gasteiger charge is -2.34. The third kappa shape index (κ3) is 3.27. The number of fused-ring (bicyclic) bond motifs is 1. The number of aromatic nitrogens is 1. The molecule has 0 radical (unpaired) electrons. The van der Waals surface area contributed by atoms with Crippen molar-refractivity contribution < 1.29 is 4.79 Å². The normalized spacial score (nSPS) is 15.5. The Kier molecular flexibility index (Phi) is 4.43. The molecule has 1 saturated heterocycles. The van der Waals surface area contributed by atoms with Gasteiger partial charge in [-0.15, -0.1) is 0 Å². The largest absolute Gasteiger partial charge is 0.345 e. The van der Waals surface area contributed by atoms with Crippen molar-refractivity contribution >= 4 is 32.7 Å². The van der Waals surface area contributed by atoms with Crippen molar-refractivity contribution in [3.05, 3.63) is 23.3 Å². The van der Waals surface area contributed by atoms with E-state index in [1.807, 2.05) is 18.7 Å². The van der Waals surface area contributed by atoms with Gasteiger partial charge in [-0.25, -0.2) is 9.78 Å². The molecule has 1 aromatic carbocycles. The van der Waals surface area contributed by atoms with E-state index in [1.165, 1.54) is 15.8 Å². The van der Waals surface area contributed by atoms with Crippen LogP contribution < -0.4 is 10.2 Å². The molecule has 0 saturated carbocycles. The third-order valence-electron chi connectivity index (χ3n) is 4.32. The smallest absolute Gasteiger partial charge is 0.317 e. The standard InChI is InChI=1S/C17H24N4OS/c1-11(2)18-16(22)20-7-9-21(10-8-20)17-19-15-13(4)12(3)5-6-14(15)23-17/h5-6,11H,7-10H2,1-4H3,(H,18,22). The molecule has 0 aliphatic carbocycles. The number of anilines is 1. The molecular weight excluding hydrogens is 308 g/mol. The lowest BCUT2D eigenvalue weighted by molar-refractivity contribution is 0.192. The quantitative estimate of drug-likeness (QED) is 0.919. The van der Waals surface area contributed by atoms with Crippen molar-refractivity contribution in [2.24, 2.45) is 0 Å². The first-order valence-electron chi connectivity index (χ1n) is 8.13. The molecule has 124 valence electrons. The fourth-order valence-electron chi connectivity index (χ4n) is 2.79. The van der Waals surface area contributed by atoms with E-state index in [-0.39, 0.29) is 12.1 Å². The van der Waals surface area contributed by atoms with Crippen molar-refractivity contribution in [3.63, 3.8) is 0 Å². The molecule has 0 bridgehead atoms. The second-order valence-electron chi connectivity index (χ2n) is 6.43. The van der Waals surface area contributed by atoms with E-state index >= 15 is 0 Å². The number of amides is 2. The van der Waals surface area contributed by atoms with Crippen molar-refractivity contribution in [2.45, 2.75) is 33.7 Å². The van der Waals surface area contributed by atoms with Crippen LogP contribution in [-0.4, -0.2) is 48.1 Å². The highest BCUT2D eigenvalue weighted by atomic mass is 32.1. The lowest BCUT2D eigenvalue weighted by Crippen LogP contribution is -2.52. The van der Waals surface area contributed by atoms with Gasteiger partial charge in [0.05, 0.1) is 10.2 Å². The Bertz CT molecular complexity index is 717. The molecule has 0 unspecified atom stereocenters. The topological polar surface area (TPSA) is 48.5 Å². The predicted octanol–water partition coefficient (Wildman–Crippen LogP) is 3.15. The molecule has 1 aliphatic heterocycles. The van der Waals surface area contributed by atoms with Gasteiger partial charge in [0.15, 0.2) is 5.13 Å². The molecule has 2 aromatic rings. The first-order valence-corrected chi connectivity index (χ1v) is 8.94. The summed E-state index contributed by atoms with van der Waals surface area (Å²) in [5.74, 6) is 0. The van der Waals surface area contributed by atoms with E-state index in [1.54, 1.807) is 11.3 Å². The van der Waals surface area contributed by atoms with Gasteiger partial charge < -0.3 is 15.1 Å². The summed E-state index contributed by atoms with van der Waals surface area (Å²) in [5.41, 5.74) is 3.66. The summed E-state index contributed by atoms with van der Waals surface area (Å²) in [6.45, 7) is 11.4. The van der Waals surface area contributed by atoms with E-state index in [9.17, 15) is 4.79 Å². The molecule has 0 atom stereocenters. The number of carbonyl (C=O) groups excluding carboxylic acids is 1. The summed E-state index contributed by atoms with van der Waals surface area (Å²) in [4.78, 5) is 21.1. The average Bonchev–Trinajstić information content (AvgIpc) is 2.95. The molecule has 1 aromatic heterocycles. The van der Waals surface area contributed by atoms with Gasteiger partial charge in [0.25, 0.3) is 0 Å². The predicted molar refractivity (Wildman–Crippen MR) is 96.5 cm³/mol. The number of rotatable bonds is 2. The molecule has 3 rings (SSSR count). The highest BCUT2D eigenvalue weighted by Gasteiger charge is 2.23. The maximum Gasteiger partial charge on any atom is 0.317 e. The Labute approximate surface area is 141 Å². The number of thiazole rings is 1. The first-order chi connectivity index (χ1) is 11.0. The van der Waals surface area contributed by atoms with E-state index in [4.69, 9.17) is 4.98 Å². The number of hydrogen-bond acceptors (Lipinski definition) is 4. The van der Waals surface area contributed by atoms with E-state index in [0.29, 0.717) is 0 Å². The number of piperazine rings is 1. The van der Waals surface area contributed by atoms with Gasteiger partial charge in [-0.05, 0) is 44.9 Å². The second-order valence-corrected chi connectivity index (χ2v) is 7.44. The van der Waals surface area contributed by atoms with Crippen molar-refractivity contribution in [1.82, 2.24) is 15.2 Å². The van der Waals surface area contributed by atoms with Gasteiger partial charge in [-0.3, -0.25) is 0 Å². The highest BCUT2D eigenvalue weighted by Crippen LogP contribution is 2.32. The van der Waals surface area contributed by atoms with Crippen molar-refractivity contribution in [2.75, 3.05) is 31.1 Å². The van der Waals surface area contributed by atoms with Crippen LogP contribution in [0.4, 0.5) is 9.93 Å². The molecule has 1 N–H and O–H groups in total. The molecule has 1 aliphatic rings. The zero-order valence-corrected chi connectivity index (χ0v) is 15.0. The molecule has 6 heteroatoms. The summed E-state index contributed by atoms with van der Waals surface area (Å²) in [7, 11) is 0. The maximum atomic E-state index is 12.1. The van der Waals surface area contributed by atoms with Crippen LogP contribution in [0.5, 0.6) is 0 Å². The van der Waals surface area contributed by atoms with Crippen LogP contribution in [-0.2, 0) is 0 Å². The van der Waals surface area contributed by atoms with Gasteiger partial charge in [-0.2, -0.15) is 0 Å². The number of nitrogens with zero attached hydrogens (tertiary/aromatic N) is 3. The third-order valence-corrected chi connectivity index (χ3v) is 5.40. The molecule has 1 fully saturated rings. The van der Waals surface area contributed by atoms with E-state index < -0.39 is 0 Å². The van der Waals surface area contributed by atoms with Gasteiger partial charge in [0, 0.05) is 32.2 Å². The average molecular weight is 332 g/mol. The Hall–Kier alpha value is -1.82. The molecule has 2 heterocycles. The zero-order chi connectivity index (χ0) is 16.6. The summed E-state index contributed by atoms with van der Waals surface area (Å²) in [6.07, 6.45) is 0. The number of urea groups is 1. The van der Waals surface area contributed by atoms with Gasteiger partial charge in [0.2, 0.25) is 0 Å². The zero-order valence-electron chi connectivity index (χ0n) is 14.2. The van der Waals surface area contributed by atoms with Crippen LogP contribution in [0.15, 0.2) is 12.1 Å². The lowest BCUT2D eigenvalue weighted by atomic mass is 10.1. The van der Waals surface area contributed by atoms with Gasteiger partial charge >= 0.3 is 6.03 Å². The van der Waals surface area contributed by atoms with Crippen molar-refractivity contribution in [3.8, 4) is 0 Å². The number of carbonyl (C=O) groups is 1. The van der Waals surface area contributed by atoms with E-state index in [2.05, 4.69) is 36.2 Å². The van der Waals surface area contributed by atoms with Crippen LogP contribution in [0, 0.1) is 13.8 Å². The van der Waals surface area contributed by atoms with E-state index in [0.717, 1.165) is 36.8 Å². The minimum atomic E-state index is 0.0374. The first kappa shape index (κ1) is 16.1. The fraction of sp³-hybridized carbons (Fsp3) is 0.529. The Balaban J connectivity index is 1.70. The van der Waals surface area contributed by atoms with Gasteiger partial charge in [0.1, 0.15) is 0 Å². The molecule has 23 heavy (non-hydrogen) atoms. The molecular formula is C17H24N4OS. The Morgan fingerprint density at radius 1 is 1.22 bits per heavy atom. The number of aryl methyl sites for hydroxylation is 2. The number of hydrogen-bond donors (Lipinski definition) is 1. The molecule has 5 nitrogen and oxygen atoms in total. The summed E-state index contributed by atoms with van der Waals surface area (Å²) in [6, 6.07) is 4.53. The van der Waals surface area contributed by atoms with Crippen LogP contribution in [0.3, 0.4) is 0 Å². The van der Waals surface area contributed by atoms with Crippen LogP contribution in [0.1, 0.15) is 25.0 Å². The van der Waals surface area contributed by atoms with Crippen LogP contribution in [0.2, 0.25) is 0 Å². The van der Waals surface area contributed by atoms with Gasteiger partial charge in [-0.1, -0.05) is 17.4 Å². The molecule has 2 amide bonds. The summed E-state index contributed by atoms with van der Waals surface area (Å²) < 4.78 is 1.24. The SMILES string of the molecule is Cc1ccc2sc(N3CCN(C(=O)NC(C)C)CC3)nc2c1C. The summed E-state index contributed by atoms with van der Waals surface area (Å²) >= 11 is 1.74. The van der Waals surface area contributed by atoms with Crippen molar-refractivity contribution in [1.29, 1.82) is 0 Å². The van der Waals surface area contributed by atoms with Crippen LogP contribution in [0.25, 0.3) is 10.2 Å². The van der Waals surface area contributed by atoms with Crippen LogP contribution >= 0.6 is 11.3 Å². The minimum Gasteiger partial charge on any atom is -0.345 e. The monoisotopic (exact) mass is 332 g/mol. The number of nitrogens with one attached hydrogen (secondary N) is 1. The summed E-state index contributed by atoms with van der Waals surface area (Å²) in [5, 5.41) is 4.02. The molecule has 0 spiro atoms. The minimum absolute atomic E-state index is 0.0374. The fourth-order valence-corrected chi connectivity index (χ4v) is 3.87. The Morgan fingerprint density at radius 2 is 1.91 bits per heavy atom. The number of benzene rings is 1. The Morgan fingerprint density at radius 3 is 2.57 bits per heavy atom.